The number of hydrogen-bond acceptors (Lipinski definition) is 2. The van der Waals surface area contributed by atoms with E-state index in [2.05, 4.69) is 22.0 Å². The lowest BCUT2D eigenvalue weighted by Crippen LogP contribution is -1.95. The molecule has 0 bridgehead atoms. The minimum Gasteiger partial charge on any atom is -0.228 e. The molecule has 0 aliphatic carbocycles. The van der Waals surface area contributed by atoms with Gasteiger partial charge in [0, 0.05) is 26.2 Å². The van der Waals surface area contributed by atoms with Crippen LogP contribution < -0.4 is 0 Å². The van der Waals surface area contributed by atoms with E-state index in [1.165, 1.54) is 0 Å². The van der Waals surface area contributed by atoms with E-state index in [1.54, 1.807) is 0 Å². The van der Waals surface area contributed by atoms with Gasteiger partial charge >= 0.3 is 0 Å². The molecule has 0 aliphatic heterocycles. The Hall–Kier alpha value is -2.49. The average Bonchev–Trinajstić information content (AvgIpc) is 2.69. The minimum atomic E-state index is 0.702. The van der Waals surface area contributed by atoms with Gasteiger partial charge in [-0.3, -0.25) is 0 Å². The SMILES string of the molecule is Clc1ccc(-c2cc(-c3cccc(Br)c3)nc(-c3ccccc3)n2)cc1. The fourth-order valence-corrected chi connectivity index (χ4v) is 3.25. The largest absolute Gasteiger partial charge is 0.228 e. The zero-order valence-electron chi connectivity index (χ0n) is 13.7. The highest BCUT2D eigenvalue weighted by atomic mass is 79.9. The van der Waals surface area contributed by atoms with Crippen LogP contribution in [0.2, 0.25) is 5.02 Å². The van der Waals surface area contributed by atoms with Gasteiger partial charge in [-0.1, -0.05) is 82.1 Å². The van der Waals surface area contributed by atoms with Crippen molar-refractivity contribution < 1.29 is 0 Å². The smallest absolute Gasteiger partial charge is 0.160 e. The van der Waals surface area contributed by atoms with E-state index in [4.69, 9.17) is 21.6 Å². The third kappa shape index (κ3) is 3.69. The molecule has 0 aliphatic rings. The third-order valence-corrected chi connectivity index (χ3v) is 4.76. The van der Waals surface area contributed by atoms with E-state index >= 15 is 0 Å². The maximum Gasteiger partial charge on any atom is 0.160 e. The molecule has 1 aromatic heterocycles. The minimum absolute atomic E-state index is 0.702. The molecule has 26 heavy (non-hydrogen) atoms. The Morgan fingerprint density at radius 1 is 0.615 bits per heavy atom. The molecule has 4 rings (SSSR count). The quantitative estimate of drug-likeness (QED) is 0.360. The van der Waals surface area contributed by atoms with Crippen molar-refractivity contribution >= 4 is 27.5 Å². The Morgan fingerprint density at radius 2 is 1.27 bits per heavy atom. The van der Waals surface area contributed by atoms with Crippen molar-refractivity contribution in [1.29, 1.82) is 0 Å². The normalized spacial score (nSPS) is 10.7. The van der Waals surface area contributed by atoms with Crippen LogP contribution in [0.1, 0.15) is 0 Å². The van der Waals surface area contributed by atoms with Gasteiger partial charge in [0.2, 0.25) is 0 Å². The first-order chi connectivity index (χ1) is 12.7. The molecule has 0 saturated carbocycles. The molecule has 0 saturated heterocycles. The number of aromatic nitrogens is 2. The van der Waals surface area contributed by atoms with Crippen molar-refractivity contribution in [2.45, 2.75) is 0 Å². The topological polar surface area (TPSA) is 25.8 Å². The number of halogens is 2. The van der Waals surface area contributed by atoms with Gasteiger partial charge in [0.15, 0.2) is 5.82 Å². The van der Waals surface area contributed by atoms with Crippen molar-refractivity contribution in [3.8, 4) is 33.9 Å². The van der Waals surface area contributed by atoms with Crippen molar-refractivity contribution in [3.63, 3.8) is 0 Å². The maximum atomic E-state index is 6.03. The first-order valence-corrected chi connectivity index (χ1v) is 9.32. The molecular formula is C22H14BrClN2. The zero-order chi connectivity index (χ0) is 17.9. The lowest BCUT2D eigenvalue weighted by atomic mass is 10.1. The monoisotopic (exact) mass is 420 g/mol. The van der Waals surface area contributed by atoms with Crippen LogP contribution in [0, 0.1) is 0 Å². The highest BCUT2D eigenvalue weighted by Crippen LogP contribution is 2.29. The lowest BCUT2D eigenvalue weighted by molar-refractivity contribution is 1.18. The van der Waals surface area contributed by atoms with E-state index in [1.807, 2.05) is 78.9 Å². The first-order valence-electron chi connectivity index (χ1n) is 8.15. The van der Waals surface area contributed by atoms with Gasteiger partial charge in [-0.15, -0.1) is 0 Å². The second-order valence-corrected chi connectivity index (χ2v) is 7.20. The summed E-state index contributed by atoms with van der Waals surface area (Å²) >= 11 is 9.57. The predicted molar refractivity (Wildman–Crippen MR) is 111 cm³/mol. The maximum absolute atomic E-state index is 6.03. The van der Waals surface area contributed by atoms with E-state index in [9.17, 15) is 0 Å². The highest BCUT2D eigenvalue weighted by Gasteiger charge is 2.10. The molecule has 3 aromatic carbocycles. The molecule has 0 unspecified atom stereocenters. The van der Waals surface area contributed by atoms with Gasteiger partial charge in [0.05, 0.1) is 11.4 Å². The Labute approximate surface area is 165 Å². The molecule has 4 heteroatoms. The van der Waals surface area contributed by atoms with Crippen LogP contribution in [0.25, 0.3) is 33.9 Å². The molecule has 1 heterocycles. The summed E-state index contributed by atoms with van der Waals surface area (Å²) in [7, 11) is 0. The van der Waals surface area contributed by atoms with E-state index in [-0.39, 0.29) is 0 Å². The average molecular weight is 422 g/mol. The van der Waals surface area contributed by atoms with E-state index < -0.39 is 0 Å². The van der Waals surface area contributed by atoms with Crippen LogP contribution in [0.4, 0.5) is 0 Å². The molecular weight excluding hydrogens is 408 g/mol. The van der Waals surface area contributed by atoms with E-state index in [0.29, 0.717) is 10.8 Å². The van der Waals surface area contributed by atoms with Gasteiger partial charge in [-0.05, 0) is 30.3 Å². The number of benzene rings is 3. The molecule has 126 valence electrons. The molecule has 0 atom stereocenters. The summed E-state index contributed by atoms with van der Waals surface area (Å²) in [6.45, 7) is 0. The van der Waals surface area contributed by atoms with Crippen molar-refractivity contribution in [3.05, 3.63) is 94.4 Å². The van der Waals surface area contributed by atoms with Crippen molar-refractivity contribution in [1.82, 2.24) is 9.97 Å². The molecule has 0 spiro atoms. The predicted octanol–water partition coefficient (Wildman–Crippen LogP) is 6.89. The fraction of sp³-hybridized carbons (Fsp3) is 0. The van der Waals surface area contributed by atoms with Gasteiger partial charge in [0.25, 0.3) is 0 Å². The Bertz CT molecular complexity index is 1050. The van der Waals surface area contributed by atoms with Crippen LogP contribution in [0.3, 0.4) is 0 Å². The molecule has 0 N–H and O–H groups in total. The van der Waals surface area contributed by atoms with Crippen LogP contribution in [-0.4, -0.2) is 9.97 Å². The Balaban J connectivity index is 1.91. The summed E-state index contributed by atoms with van der Waals surface area (Å²) in [5.41, 5.74) is 4.77. The Kier molecular flexibility index (Phi) is 4.83. The second-order valence-electron chi connectivity index (χ2n) is 5.85. The summed E-state index contributed by atoms with van der Waals surface area (Å²) in [4.78, 5) is 9.59. The van der Waals surface area contributed by atoms with Gasteiger partial charge < -0.3 is 0 Å². The molecule has 2 nitrogen and oxygen atoms in total. The number of hydrogen-bond donors (Lipinski definition) is 0. The zero-order valence-corrected chi connectivity index (χ0v) is 16.1. The standard InChI is InChI=1S/C22H14BrClN2/c23-18-8-4-7-17(13-18)21-14-20(15-9-11-19(24)12-10-15)25-22(26-21)16-5-2-1-3-6-16/h1-14H. The summed E-state index contributed by atoms with van der Waals surface area (Å²) in [5.74, 6) is 0.702. The highest BCUT2D eigenvalue weighted by molar-refractivity contribution is 9.10. The van der Waals surface area contributed by atoms with Crippen LogP contribution in [0.5, 0.6) is 0 Å². The lowest BCUT2D eigenvalue weighted by Gasteiger charge is -2.09. The van der Waals surface area contributed by atoms with Crippen LogP contribution in [0.15, 0.2) is 89.4 Å². The van der Waals surface area contributed by atoms with Gasteiger partial charge in [0.1, 0.15) is 0 Å². The van der Waals surface area contributed by atoms with Crippen molar-refractivity contribution in [2.24, 2.45) is 0 Å². The van der Waals surface area contributed by atoms with Gasteiger partial charge in [-0.25, -0.2) is 9.97 Å². The van der Waals surface area contributed by atoms with Crippen molar-refractivity contribution in [2.75, 3.05) is 0 Å². The summed E-state index contributed by atoms with van der Waals surface area (Å²) < 4.78 is 1.02. The van der Waals surface area contributed by atoms with Crippen LogP contribution in [-0.2, 0) is 0 Å². The molecule has 0 radical (unpaired) electrons. The molecule has 0 amide bonds. The Morgan fingerprint density at radius 3 is 1.96 bits per heavy atom. The van der Waals surface area contributed by atoms with E-state index in [0.717, 1.165) is 32.6 Å². The molecule has 0 fully saturated rings. The van der Waals surface area contributed by atoms with Gasteiger partial charge in [-0.2, -0.15) is 0 Å². The number of nitrogens with zero attached hydrogens (tertiary/aromatic N) is 2. The summed E-state index contributed by atoms with van der Waals surface area (Å²) in [5, 5.41) is 0.707. The summed E-state index contributed by atoms with van der Waals surface area (Å²) in [6, 6.07) is 27.8. The first kappa shape index (κ1) is 17.0. The second kappa shape index (κ2) is 7.40. The summed E-state index contributed by atoms with van der Waals surface area (Å²) in [6.07, 6.45) is 0. The third-order valence-electron chi connectivity index (χ3n) is 4.02. The number of rotatable bonds is 3. The fourth-order valence-electron chi connectivity index (χ4n) is 2.73. The molecule has 4 aromatic rings. The van der Waals surface area contributed by atoms with Crippen LogP contribution >= 0.6 is 27.5 Å².